The highest BCUT2D eigenvalue weighted by Crippen LogP contribution is 2.24. The van der Waals surface area contributed by atoms with Crippen LogP contribution in [0.3, 0.4) is 0 Å². The van der Waals surface area contributed by atoms with Gasteiger partial charge in [0.05, 0.1) is 11.1 Å². The van der Waals surface area contributed by atoms with Crippen molar-refractivity contribution in [2.24, 2.45) is 0 Å². The Morgan fingerprint density at radius 3 is 2.63 bits per heavy atom. The smallest absolute Gasteiger partial charge is 0.251 e. The summed E-state index contributed by atoms with van der Waals surface area (Å²) < 4.78 is 0. The number of aromatic hydroxyl groups is 1. The zero-order chi connectivity index (χ0) is 13.8. The van der Waals surface area contributed by atoms with Crippen LogP contribution in [0.5, 0.6) is 5.75 Å². The minimum Gasteiger partial charge on any atom is -0.506 e. The molecule has 1 amide bonds. The van der Waals surface area contributed by atoms with Gasteiger partial charge >= 0.3 is 0 Å². The first-order valence-electron chi connectivity index (χ1n) is 5.77. The van der Waals surface area contributed by atoms with Gasteiger partial charge in [-0.05, 0) is 42.8 Å². The van der Waals surface area contributed by atoms with Crippen molar-refractivity contribution in [2.75, 3.05) is 0 Å². The molecule has 1 aromatic carbocycles. The second-order valence-corrected chi connectivity index (χ2v) is 4.55. The van der Waals surface area contributed by atoms with Crippen LogP contribution in [0.25, 0.3) is 0 Å². The van der Waals surface area contributed by atoms with Gasteiger partial charge < -0.3 is 10.4 Å². The van der Waals surface area contributed by atoms with Gasteiger partial charge in [-0.3, -0.25) is 9.78 Å². The molecule has 1 atom stereocenters. The molecule has 0 aliphatic carbocycles. The number of halogens is 1. The predicted octanol–water partition coefficient (Wildman–Crippen LogP) is 2.93. The van der Waals surface area contributed by atoms with E-state index in [9.17, 15) is 9.90 Å². The molecule has 2 N–H and O–H groups in total. The molecular weight excluding hydrogens is 264 g/mol. The molecule has 0 aliphatic heterocycles. The van der Waals surface area contributed by atoms with Crippen molar-refractivity contribution in [3.63, 3.8) is 0 Å². The largest absolute Gasteiger partial charge is 0.506 e. The summed E-state index contributed by atoms with van der Waals surface area (Å²) in [5, 5.41) is 12.3. The molecule has 0 fully saturated rings. The molecule has 98 valence electrons. The molecule has 2 rings (SSSR count). The number of amides is 1. The number of carbonyl (C=O) groups is 1. The van der Waals surface area contributed by atoms with Crippen LogP contribution in [0.1, 0.15) is 28.9 Å². The van der Waals surface area contributed by atoms with E-state index in [1.165, 1.54) is 18.2 Å². The molecule has 0 radical (unpaired) electrons. The number of pyridine rings is 1. The third-order valence-corrected chi connectivity index (χ3v) is 3.07. The van der Waals surface area contributed by atoms with Crippen LogP contribution in [-0.2, 0) is 0 Å². The highest BCUT2D eigenvalue weighted by molar-refractivity contribution is 6.32. The normalized spacial score (nSPS) is 11.9. The van der Waals surface area contributed by atoms with Crippen molar-refractivity contribution in [3.8, 4) is 5.75 Å². The topological polar surface area (TPSA) is 62.2 Å². The van der Waals surface area contributed by atoms with Crippen LogP contribution in [0, 0.1) is 0 Å². The number of hydrogen-bond donors (Lipinski definition) is 2. The Morgan fingerprint density at radius 2 is 2.00 bits per heavy atom. The van der Waals surface area contributed by atoms with E-state index in [-0.39, 0.29) is 22.7 Å². The number of nitrogens with one attached hydrogen (secondary N) is 1. The third kappa shape index (κ3) is 3.23. The maximum Gasteiger partial charge on any atom is 0.251 e. The zero-order valence-corrected chi connectivity index (χ0v) is 11.1. The number of phenols is 1. The summed E-state index contributed by atoms with van der Waals surface area (Å²) >= 11 is 5.77. The summed E-state index contributed by atoms with van der Waals surface area (Å²) in [5.74, 6) is -0.286. The van der Waals surface area contributed by atoms with Crippen LogP contribution in [0.15, 0.2) is 42.7 Å². The SMILES string of the molecule is CC(NC(=O)c1ccc(O)c(Cl)c1)c1ccncc1. The van der Waals surface area contributed by atoms with E-state index in [1.807, 2.05) is 19.1 Å². The van der Waals surface area contributed by atoms with Crippen molar-refractivity contribution in [1.29, 1.82) is 0 Å². The maximum absolute atomic E-state index is 12.0. The molecule has 0 spiro atoms. The highest BCUT2D eigenvalue weighted by atomic mass is 35.5. The number of nitrogens with zero attached hydrogens (tertiary/aromatic N) is 1. The minimum atomic E-state index is -0.244. The molecule has 1 unspecified atom stereocenters. The molecule has 1 heterocycles. The van der Waals surface area contributed by atoms with Crippen LogP contribution < -0.4 is 5.32 Å². The molecule has 0 saturated heterocycles. The summed E-state index contributed by atoms with van der Waals surface area (Å²) in [7, 11) is 0. The number of carbonyl (C=O) groups excluding carboxylic acids is 1. The fourth-order valence-electron chi connectivity index (χ4n) is 1.66. The van der Waals surface area contributed by atoms with E-state index in [1.54, 1.807) is 12.4 Å². The Balaban J connectivity index is 2.11. The summed E-state index contributed by atoms with van der Waals surface area (Å²) in [5.41, 5.74) is 1.37. The Labute approximate surface area is 116 Å². The average Bonchev–Trinajstić information content (AvgIpc) is 2.42. The Morgan fingerprint density at radius 1 is 1.32 bits per heavy atom. The molecule has 0 saturated carbocycles. The van der Waals surface area contributed by atoms with E-state index >= 15 is 0 Å². The van der Waals surface area contributed by atoms with Crippen molar-refractivity contribution in [1.82, 2.24) is 10.3 Å². The van der Waals surface area contributed by atoms with Gasteiger partial charge in [-0.25, -0.2) is 0 Å². The number of rotatable bonds is 3. The molecule has 0 bridgehead atoms. The van der Waals surface area contributed by atoms with Gasteiger partial charge in [-0.2, -0.15) is 0 Å². The average molecular weight is 277 g/mol. The molecular formula is C14H13ClN2O2. The summed E-state index contributed by atoms with van der Waals surface area (Å²) in [6, 6.07) is 7.90. The maximum atomic E-state index is 12.0. The third-order valence-electron chi connectivity index (χ3n) is 2.76. The highest BCUT2D eigenvalue weighted by Gasteiger charge is 2.12. The number of hydrogen-bond acceptors (Lipinski definition) is 3. The van der Waals surface area contributed by atoms with Gasteiger partial charge in [0.25, 0.3) is 5.91 Å². The summed E-state index contributed by atoms with van der Waals surface area (Å²) in [6.07, 6.45) is 3.35. The van der Waals surface area contributed by atoms with E-state index < -0.39 is 0 Å². The fraction of sp³-hybridized carbons (Fsp3) is 0.143. The first-order chi connectivity index (χ1) is 9.08. The number of phenolic OH excluding ortho intramolecular Hbond substituents is 1. The van der Waals surface area contributed by atoms with Crippen molar-refractivity contribution in [3.05, 3.63) is 58.9 Å². The molecule has 0 aliphatic rings. The van der Waals surface area contributed by atoms with E-state index in [4.69, 9.17) is 11.6 Å². The quantitative estimate of drug-likeness (QED) is 0.906. The summed E-state index contributed by atoms with van der Waals surface area (Å²) in [4.78, 5) is 16.0. The zero-order valence-electron chi connectivity index (χ0n) is 10.3. The summed E-state index contributed by atoms with van der Waals surface area (Å²) in [6.45, 7) is 1.88. The molecule has 5 heteroatoms. The second-order valence-electron chi connectivity index (χ2n) is 4.14. The first kappa shape index (κ1) is 13.4. The Hall–Kier alpha value is -2.07. The van der Waals surface area contributed by atoms with Crippen LogP contribution in [0.2, 0.25) is 5.02 Å². The molecule has 2 aromatic rings. The Kier molecular flexibility index (Phi) is 4.02. The lowest BCUT2D eigenvalue weighted by molar-refractivity contribution is 0.0940. The number of benzene rings is 1. The lowest BCUT2D eigenvalue weighted by Gasteiger charge is -2.14. The van der Waals surface area contributed by atoms with Gasteiger partial charge in [0, 0.05) is 18.0 Å². The van der Waals surface area contributed by atoms with E-state index in [0.29, 0.717) is 5.56 Å². The van der Waals surface area contributed by atoms with Gasteiger partial charge in [0.2, 0.25) is 0 Å². The van der Waals surface area contributed by atoms with Crippen molar-refractivity contribution < 1.29 is 9.90 Å². The van der Waals surface area contributed by atoms with Crippen LogP contribution in [0.4, 0.5) is 0 Å². The van der Waals surface area contributed by atoms with Gasteiger partial charge in [-0.1, -0.05) is 11.6 Å². The Bertz CT molecular complexity index is 587. The molecule has 19 heavy (non-hydrogen) atoms. The monoisotopic (exact) mass is 276 g/mol. The predicted molar refractivity (Wildman–Crippen MR) is 73.2 cm³/mol. The molecule has 1 aromatic heterocycles. The van der Waals surface area contributed by atoms with Gasteiger partial charge in [-0.15, -0.1) is 0 Å². The standard InChI is InChI=1S/C14H13ClN2O2/c1-9(10-4-6-16-7-5-10)17-14(19)11-2-3-13(18)12(15)8-11/h2-9,18H,1H3,(H,17,19). The fourth-order valence-corrected chi connectivity index (χ4v) is 1.84. The lowest BCUT2D eigenvalue weighted by atomic mass is 10.1. The van der Waals surface area contributed by atoms with Gasteiger partial charge in [0.15, 0.2) is 0 Å². The lowest BCUT2D eigenvalue weighted by Crippen LogP contribution is -2.26. The van der Waals surface area contributed by atoms with Gasteiger partial charge in [0.1, 0.15) is 5.75 Å². The second kappa shape index (κ2) is 5.71. The molecule has 4 nitrogen and oxygen atoms in total. The minimum absolute atomic E-state index is 0.0413. The van der Waals surface area contributed by atoms with Crippen LogP contribution in [-0.4, -0.2) is 16.0 Å². The van der Waals surface area contributed by atoms with Crippen molar-refractivity contribution >= 4 is 17.5 Å². The number of aromatic nitrogens is 1. The van der Waals surface area contributed by atoms with Crippen LogP contribution >= 0.6 is 11.6 Å². The van der Waals surface area contributed by atoms with E-state index in [0.717, 1.165) is 5.56 Å². The van der Waals surface area contributed by atoms with Crippen molar-refractivity contribution in [2.45, 2.75) is 13.0 Å². The first-order valence-corrected chi connectivity index (χ1v) is 6.15. The van der Waals surface area contributed by atoms with E-state index in [2.05, 4.69) is 10.3 Å².